The van der Waals surface area contributed by atoms with Gasteiger partial charge in [-0.25, -0.2) is 4.39 Å². The van der Waals surface area contributed by atoms with Crippen LogP contribution >= 0.6 is 0 Å². The summed E-state index contributed by atoms with van der Waals surface area (Å²) in [6.07, 6.45) is 5.92. The lowest BCUT2D eigenvalue weighted by Crippen LogP contribution is -2.32. The molecule has 150 valence electrons. The van der Waals surface area contributed by atoms with Crippen molar-refractivity contribution in [1.82, 2.24) is 15.2 Å². The number of amides is 2. The highest BCUT2D eigenvalue weighted by Gasteiger charge is 2.22. The van der Waals surface area contributed by atoms with Gasteiger partial charge in [0.05, 0.1) is 11.1 Å². The van der Waals surface area contributed by atoms with Crippen LogP contribution in [-0.4, -0.2) is 29.5 Å². The van der Waals surface area contributed by atoms with E-state index < -0.39 is 5.82 Å². The number of benzene rings is 2. The Hall–Kier alpha value is -3.15. The molecule has 1 heterocycles. The maximum absolute atomic E-state index is 14.6. The predicted molar refractivity (Wildman–Crippen MR) is 111 cm³/mol. The second kappa shape index (κ2) is 8.07. The molecule has 1 saturated carbocycles. The van der Waals surface area contributed by atoms with E-state index in [1.54, 1.807) is 31.4 Å². The molecule has 2 aromatic carbocycles. The molecule has 1 aliphatic rings. The molecule has 2 amide bonds. The van der Waals surface area contributed by atoms with E-state index in [-0.39, 0.29) is 17.9 Å². The van der Waals surface area contributed by atoms with Gasteiger partial charge in [-0.05, 0) is 42.7 Å². The Labute approximate surface area is 168 Å². The normalized spacial score (nSPS) is 14.3. The molecular weight excluding hydrogens is 369 g/mol. The van der Waals surface area contributed by atoms with Gasteiger partial charge < -0.3 is 15.2 Å². The number of nitrogens with one attached hydrogen (secondary N) is 2. The molecule has 6 heteroatoms. The zero-order valence-electron chi connectivity index (χ0n) is 16.4. The summed E-state index contributed by atoms with van der Waals surface area (Å²) in [6, 6.07) is 12.3. The van der Waals surface area contributed by atoms with Crippen molar-refractivity contribution in [2.75, 3.05) is 7.05 Å². The van der Waals surface area contributed by atoms with Gasteiger partial charge in [0.1, 0.15) is 5.82 Å². The fraction of sp³-hybridized carbons (Fsp3) is 0.304. The first-order valence-corrected chi connectivity index (χ1v) is 9.96. The second-order valence-corrected chi connectivity index (χ2v) is 7.54. The van der Waals surface area contributed by atoms with E-state index in [9.17, 15) is 14.0 Å². The molecule has 0 saturated heterocycles. The van der Waals surface area contributed by atoms with E-state index in [4.69, 9.17) is 0 Å². The van der Waals surface area contributed by atoms with Gasteiger partial charge in [-0.2, -0.15) is 0 Å². The van der Waals surface area contributed by atoms with Crippen LogP contribution in [0.2, 0.25) is 0 Å². The highest BCUT2D eigenvalue weighted by atomic mass is 19.1. The molecule has 1 aliphatic carbocycles. The minimum absolute atomic E-state index is 0.143. The number of aromatic nitrogens is 1. The topological polar surface area (TPSA) is 63.1 Å². The van der Waals surface area contributed by atoms with Crippen LogP contribution < -0.4 is 10.6 Å². The molecule has 0 unspecified atom stereocenters. The fourth-order valence-electron chi connectivity index (χ4n) is 4.05. The summed E-state index contributed by atoms with van der Waals surface area (Å²) in [5, 5.41) is 6.00. The first kappa shape index (κ1) is 19.2. The van der Waals surface area contributed by atoms with Gasteiger partial charge in [0, 0.05) is 36.8 Å². The summed E-state index contributed by atoms with van der Waals surface area (Å²) in [5.41, 5.74) is 2.58. The molecule has 2 N–H and O–H groups in total. The number of hydrogen-bond acceptors (Lipinski definition) is 2. The van der Waals surface area contributed by atoms with Gasteiger partial charge in [-0.15, -0.1) is 0 Å². The minimum Gasteiger partial charge on any atom is -0.355 e. The SMILES string of the molecule is CNC(=O)c1ccc(Cn2cc(C(=O)NC3CCCC3)c3c(F)cccc32)cc1. The maximum Gasteiger partial charge on any atom is 0.253 e. The van der Waals surface area contributed by atoms with Gasteiger partial charge in [0.25, 0.3) is 11.8 Å². The predicted octanol–water partition coefficient (Wildman–Crippen LogP) is 3.86. The van der Waals surface area contributed by atoms with Crippen LogP contribution in [0.1, 0.15) is 52.0 Å². The molecule has 1 fully saturated rings. The van der Waals surface area contributed by atoms with E-state index in [0.29, 0.717) is 28.6 Å². The van der Waals surface area contributed by atoms with Gasteiger partial charge in [0.15, 0.2) is 0 Å². The summed E-state index contributed by atoms with van der Waals surface area (Å²) in [4.78, 5) is 24.6. The summed E-state index contributed by atoms with van der Waals surface area (Å²) in [6.45, 7) is 0.477. The number of fused-ring (bicyclic) bond motifs is 1. The number of carbonyl (C=O) groups is 2. The summed E-state index contributed by atoms with van der Waals surface area (Å²) >= 11 is 0. The van der Waals surface area contributed by atoms with E-state index in [0.717, 1.165) is 31.2 Å². The molecule has 0 radical (unpaired) electrons. The molecule has 3 aromatic rings. The smallest absolute Gasteiger partial charge is 0.253 e. The first-order chi connectivity index (χ1) is 14.1. The Morgan fingerprint density at radius 3 is 2.48 bits per heavy atom. The zero-order chi connectivity index (χ0) is 20.4. The van der Waals surface area contributed by atoms with Crippen LogP contribution in [0.15, 0.2) is 48.7 Å². The molecule has 4 rings (SSSR count). The highest BCUT2D eigenvalue weighted by Crippen LogP contribution is 2.26. The van der Waals surface area contributed by atoms with Crippen molar-refractivity contribution in [1.29, 1.82) is 0 Å². The lowest BCUT2D eigenvalue weighted by Gasteiger charge is -2.11. The number of carbonyl (C=O) groups excluding carboxylic acids is 2. The van der Waals surface area contributed by atoms with E-state index >= 15 is 0 Å². The van der Waals surface area contributed by atoms with Gasteiger partial charge in [0.2, 0.25) is 0 Å². The molecule has 0 aliphatic heterocycles. The lowest BCUT2D eigenvalue weighted by atomic mass is 10.1. The quantitative estimate of drug-likeness (QED) is 0.691. The van der Waals surface area contributed by atoms with Gasteiger partial charge in [-0.3, -0.25) is 9.59 Å². The number of rotatable bonds is 5. The Balaban J connectivity index is 1.65. The van der Waals surface area contributed by atoms with E-state index in [1.807, 2.05) is 22.8 Å². The zero-order valence-corrected chi connectivity index (χ0v) is 16.4. The van der Waals surface area contributed by atoms with Crippen molar-refractivity contribution in [3.05, 3.63) is 71.2 Å². The van der Waals surface area contributed by atoms with Crippen LogP contribution in [0.4, 0.5) is 4.39 Å². The summed E-state index contributed by atoms with van der Waals surface area (Å²) in [5.74, 6) is -0.760. The lowest BCUT2D eigenvalue weighted by molar-refractivity contribution is 0.0936. The van der Waals surface area contributed by atoms with Crippen LogP contribution in [0.5, 0.6) is 0 Å². The summed E-state index contributed by atoms with van der Waals surface area (Å²) < 4.78 is 16.5. The van der Waals surface area contributed by atoms with Gasteiger partial charge >= 0.3 is 0 Å². The second-order valence-electron chi connectivity index (χ2n) is 7.54. The van der Waals surface area contributed by atoms with Gasteiger partial charge in [-0.1, -0.05) is 31.0 Å². The highest BCUT2D eigenvalue weighted by molar-refractivity contribution is 6.07. The Morgan fingerprint density at radius 2 is 1.79 bits per heavy atom. The molecule has 0 bridgehead atoms. The molecular formula is C23H24FN3O2. The van der Waals surface area contributed by atoms with Crippen molar-refractivity contribution in [3.63, 3.8) is 0 Å². The van der Waals surface area contributed by atoms with Crippen LogP contribution in [0.25, 0.3) is 10.9 Å². The summed E-state index contributed by atoms with van der Waals surface area (Å²) in [7, 11) is 1.59. The number of hydrogen-bond donors (Lipinski definition) is 2. The average Bonchev–Trinajstić information content (AvgIpc) is 3.37. The number of nitrogens with zero attached hydrogens (tertiary/aromatic N) is 1. The largest absolute Gasteiger partial charge is 0.355 e. The third-order valence-corrected chi connectivity index (χ3v) is 5.59. The molecule has 5 nitrogen and oxygen atoms in total. The van der Waals surface area contributed by atoms with Crippen LogP contribution in [-0.2, 0) is 6.54 Å². The Kier molecular flexibility index (Phi) is 5.34. The van der Waals surface area contributed by atoms with E-state index in [2.05, 4.69) is 10.6 Å². The molecule has 0 spiro atoms. The third kappa shape index (κ3) is 3.88. The average molecular weight is 393 g/mol. The fourth-order valence-corrected chi connectivity index (χ4v) is 4.05. The van der Waals surface area contributed by atoms with Crippen molar-refractivity contribution in [2.45, 2.75) is 38.3 Å². The standard InChI is InChI=1S/C23H24FN3O2/c1-25-22(28)16-11-9-15(10-12-16)13-27-14-18(21-19(24)7-4-8-20(21)27)23(29)26-17-5-2-3-6-17/h4,7-12,14,17H,2-3,5-6,13H2,1H3,(H,25,28)(H,26,29). The minimum atomic E-state index is -0.396. The molecule has 29 heavy (non-hydrogen) atoms. The van der Waals surface area contributed by atoms with Crippen molar-refractivity contribution in [3.8, 4) is 0 Å². The van der Waals surface area contributed by atoms with Crippen molar-refractivity contribution in [2.24, 2.45) is 0 Å². The molecule has 1 aromatic heterocycles. The van der Waals surface area contributed by atoms with Crippen molar-refractivity contribution >= 4 is 22.7 Å². The van der Waals surface area contributed by atoms with E-state index in [1.165, 1.54) is 6.07 Å². The first-order valence-electron chi connectivity index (χ1n) is 9.96. The third-order valence-electron chi connectivity index (χ3n) is 5.59. The van der Waals surface area contributed by atoms with Crippen molar-refractivity contribution < 1.29 is 14.0 Å². The molecule has 0 atom stereocenters. The van der Waals surface area contributed by atoms with Crippen LogP contribution in [0.3, 0.4) is 0 Å². The Morgan fingerprint density at radius 1 is 1.07 bits per heavy atom. The Bertz CT molecular complexity index is 1050. The monoisotopic (exact) mass is 393 g/mol. The van der Waals surface area contributed by atoms with Crippen LogP contribution in [0, 0.1) is 5.82 Å². The maximum atomic E-state index is 14.6. The number of halogens is 1.